The molecule has 0 saturated carbocycles. The quantitative estimate of drug-likeness (QED) is 0.807. The fourth-order valence-corrected chi connectivity index (χ4v) is 2.43. The molecular weight excluding hydrogens is 272 g/mol. The number of nitrogens with one attached hydrogen (secondary N) is 1. The SMILES string of the molecule is CCSCCC(C)Nc1cncc(Br)c1. The van der Waals surface area contributed by atoms with E-state index < -0.39 is 0 Å². The van der Waals surface area contributed by atoms with Crippen LogP contribution >= 0.6 is 27.7 Å². The van der Waals surface area contributed by atoms with Crippen molar-refractivity contribution in [3.8, 4) is 0 Å². The summed E-state index contributed by atoms with van der Waals surface area (Å²) in [4.78, 5) is 4.12. The molecule has 0 spiro atoms. The van der Waals surface area contributed by atoms with Gasteiger partial charge in [0.25, 0.3) is 0 Å². The maximum atomic E-state index is 4.12. The van der Waals surface area contributed by atoms with Gasteiger partial charge in [0.05, 0.1) is 11.9 Å². The third-order valence-electron chi connectivity index (χ3n) is 2.02. The maximum absolute atomic E-state index is 4.12. The second kappa shape index (κ2) is 7.12. The molecule has 4 heteroatoms. The van der Waals surface area contributed by atoms with Crippen LogP contribution in [-0.2, 0) is 0 Å². The molecular formula is C11H17BrN2S. The normalized spacial score (nSPS) is 12.5. The Morgan fingerprint density at radius 3 is 3.00 bits per heavy atom. The smallest absolute Gasteiger partial charge is 0.0540 e. The molecule has 1 aromatic heterocycles. The molecule has 1 heterocycles. The molecule has 0 bridgehead atoms. The van der Waals surface area contributed by atoms with Crippen LogP contribution < -0.4 is 5.32 Å². The van der Waals surface area contributed by atoms with Gasteiger partial charge in [0.1, 0.15) is 0 Å². The lowest BCUT2D eigenvalue weighted by Crippen LogP contribution is -2.16. The molecule has 0 aliphatic rings. The van der Waals surface area contributed by atoms with Crippen LogP contribution in [0.1, 0.15) is 20.3 Å². The van der Waals surface area contributed by atoms with Crippen molar-refractivity contribution in [3.05, 3.63) is 22.9 Å². The summed E-state index contributed by atoms with van der Waals surface area (Å²) in [5.41, 5.74) is 1.08. The van der Waals surface area contributed by atoms with Crippen molar-refractivity contribution in [2.45, 2.75) is 26.3 Å². The van der Waals surface area contributed by atoms with Crippen LogP contribution in [-0.4, -0.2) is 22.5 Å². The highest BCUT2D eigenvalue weighted by molar-refractivity contribution is 9.10. The number of thioether (sulfide) groups is 1. The predicted octanol–water partition coefficient (Wildman–Crippen LogP) is 3.79. The molecule has 0 fully saturated rings. The summed E-state index contributed by atoms with van der Waals surface area (Å²) in [5, 5.41) is 3.44. The summed E-state index contributed by atoms with van der Waals surface area (Å²) in [6.45, 7) is 4.40. The first-order chi connectivity index (χ1) is 7.22. The lowest BCUT2D eigenvalue weighted by molar-refractivity contribution is 0.771. The van der Waals surface area contributed by atoms with E-state index in [9.17, 15) is 0 Å². The molecule has 15 heavy (non-hydrogen) atoms. The zero-order valence-corrected chi connectivity index (χ0v) is 11.6. The highest BCUT2D eigenvalue weighted by Crippen LogP contribution is 2.15. The Hall–Kier alpha value is -0.220. The zero-order chi connectivity index (χ0) is 11.1. The van der Waals surface area contributed by atoms with Crippen LogP contribution in [0.15, 0.2) is 22.9 Å². The highest BCUT2D eigenvalue weighted by atomic mass is 79.9. The summed E-state index contributed by atoms with van der Waals surface area (Å²) in [6, 6.07) is 2.55. The number of halogens is 1. The Balaban J connectivity index is 2.34. The second-order valence-electron chi connectivity index (χ2n) is 3.42. The van der Waals surface area contributed by atoms with Crippen LogP contribution in [0.5, 0.6) is 0 Å². The molecule has 1 N–H and O–H groups in total. The topological polar surface area (TPSA) is 24.9 Å². The molecule has 84 valence electrons. The van der Waals surface area contributed by atoms with E-state index in [-0.39, 0.29) is 0 Å². The average molecular weight is 289 g/mol. The van der Waals surface area contributed by atoms with Crippen molar-refractivity contribution < 1.29 is 0 Å². The largest absolute Gasteiger partial charge is 0.381 e. The third kappa shape index (κ3) is 5.42. The van der Waals surface area contributed by atoms with E-state index in [0.29, 0.717) is 6.04 Å². The summed E-state index contributed by atoms with van der Waals surface area (Å²) < 4.78 is 1.02. The van der Waals surface area contributed by atoms with Crippen LogP contribution in [0.3, 0.4) is 0 Å². The van der Waals surface area contributed by atoms with Gasteiger partial charge >= 0.3 is 0 Å². The molecule has 1 unspecified atom stereocenters. The number of pyridine rings is 1. The van der Waals surface area contributed by atoms with Crippen molar-refractivity contribution in [2.75, 3.05) is 16.8 Å². The standard InChI is InChI=1S/C11H17BrN2S/c1-3-15-5-4-9(2)14-11-6-10(12)7-13-8-11/h6-9,14H,3-5H2,1-2H3. The molecule has 0 radical (unpaired) electrons. The van der Waals surface area contributed by atoms with E-state index in [1.165, 1.54) is 17.9 Å². The predicted molar refractivity (Wildman–Crippen MR) is 72.6 cm³/mol. The van der Waals surface area contributed by atoms with Gasteiger partial charge in [-0.2, -0.15) is 11.8 Å². The molecule has 1 atom stereocenters. The van der Waals surface area contributed by atoms with Gasteiger partial charge in [0.2, 0.25) is 0 Å². The molecule has 0 aliphatic heterocycles. The molecule has 1 rings (SSSR count). The monoisotopic (exact) mass is 288 g/mol. The number of hydrogen-bond acceptors (Lipinski definition) is 3. The molecule has 0 amide bonds. The number of hydrogen-bond donors (Lipinski definition) is 1. The molecule has 2 nitrogen and oxygen atoms in total. The van der Waals surface area contributed by atoms with Crippen LogP contribution in [0.2, 0.25) is 0 Å². The van der Waals surface area contributed by atoms with Gasteiger partial charge < -0.3 is 5.32 Å². The Morgan fingerprint density at radius 1 is 1.53 bits per heavy atom. The fraction of sp³-hybridized carbons (Fsp3) is 0.545. The maximum Gasteiger partial charge on any atom is 0.0540 e. The average Bonchev–Trinajstić information content (AvgIpc) is 2.18. The number of rotatable bonds is 6. The second-order valence-corrected chi connectivity index (χ2v) is 5.73. The van der Waals surface area contributed by atoms with Gasteiger partial charge in [-0.05, 0) is 46.8 Å². The van der Waals surface area contributed by atoms with Gasteiger partial charge in [-0.25, -0.2) is 0 Å². The summed E-state index contributed by atoms with van der Waals surface area (Å²) in [7, 11) is 0. The van der Waals surface area contributed by atoms with E-state index in [2.05, 4.69) is 46.1 Å². The van der Waals surface area contributed by atoms with Gasteiger partial charge in [-0.15, -0.1) is 0 Å². The van der Waals surface area contributed by atoms with Crippen molar-refractivity contribution in [2.24, 2.45) is 0 Å². The van der Waals surface area contributed by atoms with Gasteiger partial charge in [-0.1, -0.05) is 6.92 Å². The number of anilines is 1. The van der Waals surface area contributed by atoms with E-state index >= 15 is 0 Å². The van der Waals surface area contributed by atoms with Gasteiger partial charge in [-0.3, -0.25) is 4.98 Å². The van der Waals surface area contributed by atoms with E-state index in [1.807, 2.05) is 18.0 Å². The first kappa shape index (κ1) is 12.8. The van der Waals surface area contributed by atoms with Gasteiger partial charge in [0.15, 0.2) is 0 Å². The number of nitrogens with zero attached hydrogens (tertiary/aromatic N) is 1. The van der Waals surface area contributed by atoms with Crippen molar-refractivity contribution in [3.63, 3.8) is 0 Å². The van der Waals surface area contributed by atoms with Crippen molar-refractivity contribution >= 4 is 33.4 Å². The lowest BCUT2D eigenvalue weighted by atomic mass is 10.2. The Labute approximate surface area is 104 Å². The first-order valence-corrected chi connectivity index (χ1v) is 7.12. The number of aromatic nitrogens is 1. The van der Waals surface area contributed by atoms with Crippen LogP contribution in [0, 0.1) is 0 Å². The molecule has 0 aliphatic carbocycles. The summed E-state index contributed by atoms with van der Waals surface area (Å²) in [5.74, 6) is 2.41. The Morgan fingerprint density at radius 2 is 2.33 bits per heavy atom. The summed E-state index contributed by atoms with van der Waals surface area (Å²) in [6.07, 6.45) is 4.84. The van der Waals surface area contributed by atoms with Gasteiger partial charge in [0, 0.05) is 16.7 Å². The highest BCUT2D eigenvalue weighted by Gasteiger charge is 2.02. The van der Waals surface area contributed by atoms with E-state index in [0.717, 1.165) is 10.2 Å². The molecule has 0 aromatic carbocycles. The van der Waals surface area contributed by atoms with Crippen molar-refractivity contribution in [1.29, 1.82) is 0 Å². The molecule has 0 saturated heterocycles. The fourth-order valence-electron chi connectivity index (χ4n) is 1.25. The van der Waals surface area contributed by atoms with E-state index in [1.54, 1.807) is 6.20 Å². The third-order valence-corrected chi connectivity index (χ3v) is 3.38. The Kier molecular flexibility index (Phi) is 6.10. The first-order valence-electron chi connectivity index (χ1n) is 5.17. The minimum absolute atomic E-state index is 0.500. The summed E-state index contributed by atoms with van der Waals surface area (Å²) >= 11 is 5.39. The minimum atomic E-state index is 0.500. The van der Waals surface area contributed by atoms with Crippen molar-refractivity contribution in [1.82, 2.24) is 4.98 Å². The van der Waals surface area contributed by atoms with E-state index in [4.69, 9.17) is 0 Å². The van der Waals surface area contributed by atoms with Crippen LogP contribution in [0.25, 0.3) is 0 Å². The minimum Gasteiger partial charge on any atom is -0.381 e. The van der Waals surface area contributed by atoms with Crippen LogP contribution in [0.4, 0.5) is 5.69 Å². The lowest BCUT2D eigenvalue weighted by Gasteiger charge is -2.14. The molecule has 1 aromatic rings. The zero-order valence-electron chi connectivity index (χ0n) is 9.16. The Bertz CT molecular complexity index is 294.